The minimum Gasteiger partial charge on any atom is -0.388 e. The van der Waals surface area contributed by atoms with Crippen LogP contribution in [0.25, 0.3) is 0 Å². The van der Waals surface area contributed by atoms with E-state index in [0.29, 0.717) is 13.0 Å². The van der Waals surface area contributed by atoms with Gasteiger partial charge in [0.25, 0.3) is 0 Å². The second-order valence-corrected chi connectivity index (χ2v) is 4.97. The molecule has 0 aliphatic carbocycles. The van der Waals surface area contributed by atoms with Gasteiger partial charge in [-0.15, -0.1) is 0 Å². The highest BCUT2D eigenvalue weighted by Crippen LogP contribution is 2.25. The molecule has 1 rings (SSSR count). The van der Waals surface area contributed by atoms with Crippen molar-refractivity contribution in [2.45, 2.75) is 38.7 Å². The van der Waals surface area contributed by atoms with Gasteiger partial charge < -0.3 is 10.8 Å². The highest BCUT2D eigenvalue weighted by atomic mass is 16.3. The summed E-state index contributed by atoms with van der Waals surface area (Å²) in [6, 6.07) is 8.12. The van der Waals surface area contributed by atoms with E-state index >= 15 is 0 Å². The van der Waals surface area contributed by atoms with Crippen molar-refractivity contribution in [3.63, 3.8) is 0 Å². The molecule has 1 atom stereocenters. The average Bonchev–Trinajstić information content (AvgIpc) is 2.17. The van der Waals surface area contributed by atoms with Crippen LogP contribution in [0.4, 0.5) is 0 Å². The molecule has 1 aromatic carbocycles. The van der Waals surface area contributed by atoms with Crippen LogP contribution in [0.2, 0.25) is 0 Å². The number of aliphatic hydroxyl groups excluding tert-OH is 1. The Balaban J connectivity index is 2.92. The standard InChI is InChI=1S/C13H21NO/c1-13(2,3)11-6-4-5-10(9-11)12(15)7-8-14/h4-6,9,12,15H,7-8,14H2,1-3H3/t12-/m1/s1. The number of hydrogen-bond donors (Lipinski definition) is 2. The normalized spacial score (nSPS) is 13.9. The molecular formula is C13H21NO. The molecule has 0 aliphatic heterocycles. The predicted octanol–water partition coefficient (Wildman–Crippen LogP) is 2.37. The quantitative estimate of drug-likeness (QED) is 0.799. The Labute approximate surface area is 92.1 Å². The van der Waals surface area contributed by atoms with Crippen molar-refractivity contribution in [2.75, 3.05) is 6.54 Å². The lowest BCUT2D eigenvalue weighted by molar-refractivity contribution is 0.170. The molecule has 0 radical (unpaired) electrons. The zero-order valence-corrected chi connectivity index (χ0v) is 9.83. The summed E-state index contributed by atoms with van der Waals surface area (Å²) in [5.74, 6) is 0. The molecule has 2 heteroatoms. The zero-order valence-electron chi connectivity index (χ0n) is 9.83. The van der Waals surface area contributed by atoms with Crippen LogP contribution < -0.4 is 5.73 Å². The summed E-state index contributed by atoms with van der Waals surface area (Å²) in [7, 11) is 0. The van der Waals surface area contributed by atoms with Crippen LogP contribution in [0.5, 0.6) is 0 Å². The fourth-order valence-electron chi connectivity index (χ4n) is 1.54. The van der Waals surface area contributed by atoms with Gasteiger partial charge in [-0.1, -0.05) is 45.0 Å². The minimum atomic E-state index is -0.433. The first-order chi connectivity index (χ1) is 6.95. The monoisotopic (exact) mass is 207 g/mol. The largest absolute Gasteiger partial charge is 0.388 e. The highest BCUT2D eigenvalue weighted by Gasteiger charge is 2.15. The Hall–Kier alpha value is -0.860. The first kappa shape index (κ1) is 12.2. The molecule has 0 aromatic heterocycles. The van der Waals surface area contributed by atoms with E-state index in [-0.39, 0.29) is 5.41 Å². The second kappa shape index (κ2) is 4.77. The van der Waals surface area contributed by atoms with Crippen molar-refractivity contribution in [2.24, 2.45) is 5.73 Å². The average molecular weight is 207 g/mol. The maximum atomic E-state index is 9.83. The number of benzene rings is 1. The van der Waals surface area contributed by atoms with Crippen LogP contribution in [-0.4, -0.2) is 11.7 Å². The molecule has 0 aliphatic rings. The van der Waals surface area contributed by atoms with Crippen LogP contribution in [0.3, 0.4) is 0 Å². The Kier molecular flexibility index (Phi) is 3.89. The number of aliphatic hydroxyl groups is 1. The SMILES string of the molecule is CC(C)(C)c1cccc([C@H](O)CCN)c1. The van der Waals surface area contributed by atoms with Gasteiger partial charge in [-0.3, -0.25) is 0 Å². The van der Waals surface area contributed by atoms with Gasteiger partial charge in [0.15, 0.2) is 0 Å². The van der Waals surface area contributed by atoms with Crippen LogP contribution in [0, 0.1) is 0 Å². The van der Waals surface area contributed by atoms with Crippen molar-refractivity contribution in [1.82, 2.24) is 0 Å². The summed E-state index contributed by atoms with van der Waals surface area (Å²) in [6.45, 7) is 7.02. The molecule has 15 heavy (non-hydrogen) atoms. The molecule has 0 amide bonds. The molecule has 0 fully saturated rings. The Morgan fingerprint density at radius 1 is 1.33 bits per heavy atom. The minimum absolute atomic E-state index is 0.123. The highest BCUT2D eigenvalue weighted by molar-refractivity contribution is 5.29. The molecule has 0 saturated carbocycles. The van der Waals surface area contributed by atoms with Gasteiger partial charge in [0.05, 0.1) is 6.10 Å². The first-order valence-corrected chi connectivity index (χ1v) is 5.43. The number of nitrogens with two attached hydrogens (primary N) is 1. The van der Waals surface area contributed by atoms with E-state index in [9.17, 15) is 5.11 Å². The lowest BCUT2D eigenvalue weighted by atomic mass is 9.85. The molecule has 0 spiro atoms. The topological polar surface area (TPSA) is 46.2 Å². The summed E-state index contributed by atoms with van der Waals surface area (Å²) in [5, 5.41) is 9.83. The lowest BCUT2D eigenvalue weighted by Crippen LogP contribution is -2.12. The molecule has 84 valence electrons. The lowest BCUT2D eigenvalue weighted by Gasteiger charge is -2.21. The number of hydrogen-bond acceptors (Lipinski definition) is 2. The van der Waals surface area contributed by atoms with Crippen LogP contribution >= 0.6 is 0 Å². The van der Waals surface area contributed by atoms with Gasteiger partial charge in [-0.2, -0.15) is 0 Å². The summed E-state index contributed by atoms with van der Waals surface area (Å²) in [6.07, 6.45) is 0.186. The van der Waals surface area contributed by atoms with Crippen molar-refractivity contribution >= 4 is 0 Å². The smallest absolute Gasteiger partial charge is 0.0802 e. The Morgan fingerprint density at radius 2 is 2.00 bits per heavy atom. The van der Waals surface area contributed by atoms with Crippen LogP contribution in [-0.2, 0) is 5.41 Å². The summed E-state index contributed by atoms with van der Waals surface area (Å²) in [5.41, 5.74) is 7.77. The van der Waals surface area contributed by atoms with E-state index in [2.05, 4.69) is 32.9 Å². The fourth-order valence-corrected chi connectivity index (χ4v) is 1.54. The van der Waals surface area contributed by atoms with Crippen molar-refractivity contribution in [3.8, 4) is 0 Å². The van der Waals surface area contributed by atoms with E-state index in [4.69, 9.17) is 5.73 Å². The summed E-state index contributed by atoms with van der Waals surface area (Å²) < 4.78 is 0. The van der Waals surface area contributed by atoms with Crippen LogP contribution in [0.15, 0.2) is 24.3 Å². The van der Waals surface area contributed by atoms with E-state index in [1.54, 1.807) is 0 Å². The summed E-state index contributed by atoms with van der Waals surface area (Å²) >= 11 is 0. The molecule has 0 unspecified atom stereocenters. The molecule has 0 heterocycles. The van der Waals surface area contributed by atoms with Crippen molar-refractivity contribution in [1.29, 1.82) is 0 Å². The van der Waals surface area contributed by atoms with Gasteiger partial charge >= 0.3 is 0 Å². The zero-order chi connectivity index (χ0) is 11.5. The molecule has 0 bridgehead atoms. The maximum Gasteiger partial charge on any atom is 0.0802 e. The molecule has 2 nitrogen and oxygen atoms in total. The Morgan fingerprint density at radius 3 is 2.53 bits per heavy atom. The van der Waals surface area contributed by atoms with E-state index < -0.39 is 6.10 Å². The molecule has 0 saturated heterocycles. The predicted molar refractivity (Wildman–Crippen MR) is 63.8 cm³/mol. The van der Waals surface area contributed by atoms with Crippen LogP contribution in [0.1, 0.15) is 44.4 Å². The number of rotatable bonds is 3. The van der Waals surface area contributed by atoms with Crippen molar-refractivity contribution in [3.05, 3.63) is 35.4 Å². The van der Waals surface area contributed by atoms with Gasteiger partial charge in [0.1, 0.15) is 0 Å². The second-order valence-electron chi connectivity index (χ2n) is 4.97. The maximum absolute atomic E-state index is 9.83. The third-order valence-corrected chi connectivity index (χ3v) is 2.58. The van der Waals surface area contributed by atoms with E-state index in [1.807, 2.05) is 12.1 Å². The third-order valence-electron chi connectivity index (χ3n) is 2.58. The molecular weight excluding hydrogens is 186 g/mol. The third kappa shape index (κ3) is 3.33. The first-order valence-electron chi connectivity index (χ1n) is 5.43. The fraction of sp³-hybridized carbons (Fsp3) is 0.538. The van der Waals surface area contributed by atoms with Gasteiger partial charge in [-0.25, -0.2) is 0 Å². The molecule has 1 aromatic rings. The summed E-state index contributed by atoms with van der Waals surface area (Å²) in [4.78, 5) is 0. The van der Waals surface area contributed by atoms with E-state index in [1.165, 1.54) is 5.56 Å². The van der Waals surface area contributed by atoms with Gasteiger partial charge in [0, 0.05) is 0 Å². The Bertz CT molecular complexity index is 315. The van der Waals surface area contributed by atoms with Crippen molar-refractivity contribution < 1.29 is 5.11 Å². The van der Waals surface area contributed by atoms with Gasteiger partial charge in [-0.05, 0) is 29.5 Å². The molecule has 3 N–H and O–H groups in total. The van der Waals surface area contributed by atoms with Gasteiger partial charge in [0.2, 0.25) is 0 Å². The van der Waals surface area contributed by atoms with E-state index in [0.717, 1.165) is 5.56 Å².